The van der Waals surface area contributed by atoms with Crippen LogP contribution in [0, 0.1) is 0 Å². The second-order valence-corrected chi connectivity index (χ2v) is 9.68. The van der Waals surface area contributed by atoms with E-state index in [0.717, 1.165) is 31.9 Å². The van der Waals surface area contributed by atoms with E-state index in [1.165, 1.54) is 5.69 Å². The Bertz CT molecular complexity index is 1260. The number of amides is 3. The minimum Gasteiger partial charge on any atom is -0.457 e. The van der Waals surface area contributed by atoms with E-state index in [4.69, 9.17) is 4.74 Å². The minimum atomic E-state index is -0.836. The third-order valence-corrected chi connectivity index (χ3v) is 7.00. The van der Waals surface area contributed by atoms with Crippen molar-refractivity contribution in [3.63, 3.8) is 0 Å². The van der Waals surface area contributed by atoms with Gasteiger partial charge in [0.25, 0.3) is 0 Å². The Hall–Kier alpha value is -4.37. The minimum absolute atomic E-state index is 0.109. The van der Waals surface area contributed by atoms with Gasteiger partial charge in [-0.15, -0.1) is 0 Å². The van der Waals surface area contributed by atoms with Crippen molar-refractivity contribution in [2.45, 2.75) is 12.5 Å². The molecule has 9 nitrogen and oxygen atoms in total. The third-order valence-electron chi connectivity index (χ3n) is 7.00. The molecule has 3 aromatic carbocycles. The van der Waals surface area contributed by atoms with Crippen molar-refractivity contribution in [3.05, 3.63) is 84.9 Å². The molecule has 0 spiro atoms. The van der Waals surface area contributed by atoms with Crippen LogP contribution in [0.25, 0.3) is 0 Å². The van der Waals surface area contributed by atoms with Crippen LogP contribution in [0.15, 0.2) is 84.9 Å². The van der Waals surface area contributed by atoms with E-state index < -0.39 is 6.04 Å². The molecule has 1 atom stereocenters. The molecule has 2 saturated heterocycles. The maximum absolute atomic E-state index is 13.2. The van der Waals surface area contributed by atoms with Gasteiger partial charge in [0.15, 0.2) is 0 Å². The van der Waals surface area contributed by atoms with Crippen molar-refractivity contribution in [1.29, 1.82) is 0 Å². The van der Waals surface area contributed by atoms with E-state index in [9.17, 15) is 14.4 Å². The van der Waals surface area contributed by atoms with Crippen LogP contribution in [-0.4, -0.2) is 79.4 Å². The SMILES string of the molecule is O=C(CC1C(=O)NCCN1C(=O)CN1CCN(c2ccccc2)CC1)Nc1ccc(Oc2ccccc2)cc1. The molecule has 3 aromatic rings. The molecule has 1 unspecified atom stereocenters. The Morgan fingerprint density at radius 3 is 2.15 bits per heavy atom. The van der Waals surface area contributed by atoms with Crippen LogP contribution < -0.4 is 20.3 Å². The molecule has 0 radical (unpaired) electrons. The van der Waals surface area contributed by atoms with E-state index >= 15 is 0 Å². The highest BCUT2D eigenvalue weighted by molar-refractivity contribution is 5.97. The molecule has 2 aliphatic rings. The number of nitrogens with zero attached hydrogens (tertiary/aromatic N) is 3. The van der Waals surface area contributed by atoms with Gasteiger partial charge in [0.05, 0.1) is 13.0 Å². The standard InChI is InChI=1S/C30H33N5O4/c36-28(32-23-11-13-26(14-12-23)39-25-9-5-2-6-10-25)21-27-30(38)31-15-16-35(27)29(37)22-33-17-19-34(20-18-33)24-7-3-1-4-8-24/h1-14,27H,15-22H2,(H,31,38)(H,32,36). The van der Waals surface area contributed by atoms with Gasteiger partial charge in [-0.25, -0.2) is 0 Å². The molecule has 0 bridgehead atoms. The molecule has 39 heavy (non-hydrogen) atoms. The zero-order valence-corrected chi connectivity index (χ0v) is 21.8. The van der Waals surface area contributed by atoms with Crippen LogP contribution in [0.1, 0.15) is 6.42 Å². The predicted molar refractivity (Wildman–Crippen MR) is 150 cm³/mol. The lowest BCUT2D eigenvalue weighted by molar-refractivity contribution is -0.145. The van der Waals surface area contributed by atoms with Gasteiger partial charge < -0.3 is 25.2 Å². The summed E-state index contributed by atoms with van der Waals surface area (Å²) in [4.78, 5) is 44.8. The zero-order chi connectivity index (χ0) is 27.0. The summed E-state index contributed by atoms with van der Waals surface area (Å²) in [6.07, 6.45) is -0.109. The highest BCUT2D eigenvalue weighted by Gasteiger charge is 2.35. The lowest BCUT2D eigenvalue weighted by atomic mass is 10.1. The van der Waals surface area contributed by atoms with Gasteiger partial charge in [-0.2, -0.15) is 0 Å². The average molecular weight is 528 g/mol. The Kier molecular flexibility index (Phi) is 8.38. The number of anilines is 2. The van der Waals surface area contributed by atoms with Crippen molar-refractivity contribution in [2.75, 3.05) is 56.0 Å². The van der Waals surface area contributed by atoms with Crippen molar-refractivity contribution < 1.29 is 19.1 Å². The fraction of sp³-hybridized carbons (Fsp3) is 0.300. The number of rotatable bonds is 8. The number of piperazine rings is 2. The number of carbonyl (C=O) groups is 3. The molecule has 5 rings (SSSR count). The van der Waals surface area contributed by atoms with E-state index in [1.54, 1.807) is 29.2 Å². The van der Waals surface area contributed by atoms with Crippen molar-refractivity contribution in [3.8, 4) is 11.5 Å². The first-order valence-corrected chi connectivity index (χ1v) is 13.3. The largest absolute Gasteiger partial charge is 0.457 e. The fourth-order valence-electron chi connectivity index (χ4n) is 4.92. The number of hydrogen-bond acceptors (Lipinski definition) is 6. The summed E-state index contributed by atoms with van der Waals surface area (Å²) in [6.45, 7) is 4.19. The highest BCUT2D eigenvalue weighted by Crippen LogP contribution is 2.23. The maximum Gasteiger partial charge on any atom is 0.243 e. The summed E-state index contributed by atoms with van der Waals surface area (Å²) >= 11 is 0. The molecule has 2 fully saturated rings. The van der Waals surface area contributed by atoms with Crippen LogP contribution in [0.3, 0.4) is 0 Å². The van der Waals surface area contributed by atoms with Gasteiger partial charge in [-0.1, -0.05) is 36.4 Å². The van der Waals surface area contributed by atoms with Gasteiger partial charge in [0.2, 0.25) is 17.7 Å². The lowest BCUT2D eigenvalue weighted by Gasteiger charge is -2.39. The molecule has 2 heterocycles. The topological polar surface area (TPSA) is 94.2 Å². The summed E-state index contributed by atoms with van der Waals surface area (Å²) in [7, 11) is 0. The summed E-state index contributed by atoms with van der Waals surface area (Å²) in [5.41, 5.74) is 1.77. The first kappa shape index (κ1) is 26.2. The smallest absolute Gasteiger partial charge is 0.243 e. The average Bonchev–Trinajstić information content (AvgIpc) is 2.96. The summed E-state index contributed by atoms with van der Waals surface area (Å²) < 4.78 is 5.79. The van der Waals surface area contributed by atoms with Crippen LogP contribution >= 0.6 is 0 Å². The normalized spacial score (nSPS) is 17.8. The highest BCUT2D eigenvalue weighted by atomic mass is 16.5. The molecule has 202 valence electrons. The fourth-order valence-corrected chi connectivity index (χ4v) is 4.92. The zero-order valence-electron chi connectivity index (χ0n) is 21.8. The molecular formula is C30H33N5O4. The number of benzene rings is 3. The predicted octanol–water partition coefficient (Wildman–Crippen LogP) is 2.96. The molecule has 2 N–H and O–H groups in total. The first-order valence-electron chi connectivity index (χ1n) is 13.3. The molecule has 0 saturated carbocycles. The van der Waals surface area contributed by atoms with Crippen molar-refractivity contribution >= 4 is 29.1 Å². The van der Waals surface area contributed by atoms with Crippen molar-refractivity contribution in [1.82, 2.24) is 15.1 Å². The van der Waals surface area contributed by atoms with Crippen LogP contribution in [0.4, 0.5) is 11.4 Å². The third kappa shape index (κ3) is 6.94. The monoisotopic (exact) mass is 527 g/mol. The summed E-state index contributed by atoms with van der Waals surface area (Å²) in [6, 6.07) is 25.9. The molecule has 3 amide bonds. The number of hydrogen-bond donors (Lipinski definition) is 2. The molecule has 2 aliphatic heterocycles. The lowest BCUT2D eigenvalue weighted by Crippen LogP contribution is -2.60. The van der Waals surface area contributed by atoms with E-state index in [1.807, 2.05) is 48.5 Å². The number of para-hydroxylation sites is 2. The Morgan fingerprint density at radius 1 is 0.821 bits per heavy atom. The van der Waals surface area contributed by atoms with Gasteiger partial charge in [0, 0.05) is 50.6 Å². The van der Waals surface area contributed by atoms with Crippen LogP contribution in [0.5, 0.6) is 11.5 Å². The molecular weight excluding hydrogens is 494 g/mol. The number of nitrogens with one attached hydrogen (secondary N) is 2. The van der Waals surface area contributed by atoms with E-state index in [-0.39, 0.29) is 30.7 Å². The van der Waals surface area contributed by atoms with Gasteiger partial charge >= 0.3 is 0 Å². The Morgan fingerprint density at radius 2 is 1.46 bits per heavy atom. The van der Waals surface area contributed by atoms with E-state index in [2.05, 4.69) is 32.6 Å². The van der Waals surface area contributed by atoms with Gasteiger partial charge in [-0.05, 0) is 48.5 Å². The molecule has 0 aliphatic carbocycles. The Balaban J connectivity index is 1.13. The second-order valence-electron chi connectivity index (χ2n) is 9.68. The van der Waals surface area contributed by atoms with Crippen LogP contribution in [-0.2, 0) is 14.4 Å². The molecule has 0 aromatic heterocycles. The maximum atomic E-state index is 13.2. The first-order chi connectivity index (χ1) is 19.0. The Labute approximate surface area is 228 Å². The number of carbonyl (C=O) groups excluding carboxylic acids is 3. The van der Waals surface area contributed by atoms with E-state index in [0.29, 0.717) is 24.5 Å². The summed E-state index contributed by atoms with van der Waals surface area (Å²) in [5.74, 6) is 0.610. The number of ether oxygens (including phenoxy) is 1. The van der Waals surface area contributed by atoms with Gasteiger partial charge in [-0.3, -0.25) is 19.3 Å². The van der Waals surface area contributed by atoms with Crippen LogP contribution in [0.2, 0.25) is 0 Å². The van der Waals surface area contributed by atoms with Crippen molar-refractivity contribution in [2.24, 2.45) is 0 Å². The second kappa shape index (κ2) is 12.4. The quantitative estimate of drug-likeness (QED) is 0.468. The molecule has 9 heteroatoms. The summed E-state index contributed by atoms with van der Waals surface area (Å²) in [5, 5.41) is 5.63. The van der Waals surface area contributed by atoms with Gasteiger partial charge in [0.1, 0.15) is 17.5 Å².